The van der Waals surface area contributed by atoms with Crippen molar-refractivity contribution >= 4 is 61.6 Å². The molecule has 1 fully saturated rings. The number of methoxy groups -OCH3 is 1. The summed E-state index contributed by atoms with van der Waals surface area (Å²) in [5.74, 6) is 0.509. The number of nitrogens with zero attached hydrogens (tertiary/aromatic N) is 2. The van der Waals surface area contributed by atoms with Crippen molar-refractivity contribution < 1.29 is 17.9 Å². The Labute approximate surface area is 231 Å². The number of rotatable bonds is 9. The van der Waals surface area contributed by atoms with Crippen LogP contribution in [0.25, 0.3) is 11.0 Å². The highest BCUT2D eigenvalue weighted by Gasteiger charge is 2.21. The van der Waals surface area contributed by atoms with E-state index in [1.165, 1.54) is 19.2 Å². The van der Waals surface area contributed by atoms with Gasteiger partial charge in [-0.25, -0.2) is 18.4 Å². The Morgan fingerprint density at radius 2 is 1.82 bits per heavy atom. The maximum absolute atomic E-state index is 13.5. The number of fused-ring (bicyclic) bond motifs is 1. The number of benzene rings is 3. The molecule has 1 saturated heterocycles. The van der Waals surface area contributed by atoms with E-state index in [1.807, 2.05) is 6.07 Å². The molecule has 0 aliphatic carbocycles. The van der Waals surface area contributed by atoms with E-state index < -0.39 is 10.0 Å². The minimum Gasteiger partial charge on any atom is -0.497 e. The molecule has 1 amide bonds. The highest BCUT2D eigenvalue weighted by molar-refractivity contribution is 7.92. The molecule has 0 bridgehead atoms. The van der Waals surface area contributed by atoms with Gasteiger partial charge in [-0.15, -0.1) is 0 Å². The third-order valence-corrected chi connectivity index (χ3v) is 7.92. The first kappa shape index (κ1) is 26.7. The summed E-state index contributed by atoms with van der Waals surface area (Å²) in [5, 5.41) is 9.54. The quantitative estimate of drug-likeness (QED) is 0.224. The minimum atomic E-state index is -4.11. The van der Waals surface area contributed by atoms with Gasteiger partial charge in [-0.2, -0.15) is 0 Å². The van der Waals surface area contributed by atoms with Crippen molar-refractivity contribution in [1.29, 1.82) is 0 Å². The lowest BCUT2D eigenvalue weighted by molar-refractivity contribution is -0.116. The van der Waals surface area contributed by atoms with Crippen molar-refractivity contribution in [2.45, 2.75) is 30.2 Å². The van der Waals surface area contributed by atoms with Gasteiger partial charge in [0, 0.05) is 24.2 Å². The summed E-state index contributed by atoms with van der Waals surface area (Å²) in [6.45, 7) is 0.899. The van der Waals surface area contributed by atoms with Crippen molar-refractivity contribution in [3.63, 3.8) is 0 Å². The van der Waals surface area contributed by atoms with Gasteiger partial charge in [-0.1, -0.05) is 29.8 Å². The highest BCUT2D eigenvalue weighted by atomic mass is 35.5. The van der Waals surface area contributed by atoms with E-state index in [-0.39, 0.29) is 28.5 Å². The Hall–Kier alpha value is -3.93. The van der Waals surface area contributed by atoms with Crippen LogP contribution in [0, 0.1) is 0 Å². The molecule has 1 aliphatic heterocycles. The number of ether oxygens (including phenoxy) is 1. The number of carbonyl (C=O) groups is 1. The molecule has 39 heavy (non-hydrogen) atoms. The number of sulfonamides is 1. The molecule has 202 valence electrons. The highest BCUT2D eigenvalue weighted by Crippen LogP contribution is 2.33. The molecular formula is C27H27ClN6O4S. The van der Waals surface area contributed by atoms with Crippen LogP contribution in [0.3, 0.4) is 0 Å². The van der Waals surface area contributed by atoms with Gasteiger partial charge in [0.2, 0.25) is 5.91 Å². The van der Waals surface area contributed by atoms with Crippen LogP contribution in [0.4, 0.5) is 23.0 Å². The van der Waals surface area contributed by atoms with Gasteiger partial charge >= 0.3 is 0 Å². The van der Waals surface area contributed by atoms with Gasteiger partial charge in [0.1, 0.15) is 5.75 Å². The van der Waals surface area contributed by atoms with Gasteiger partial charge < -0.3 is 20.7 Å². The van der Waals surface area contributed by atoms with Crippen LogP contribution in [0.5, 0.6) is 5.75 Å². The summed E-state index contributed by atoms with van der Waals surface area (Å²) in [6.07, 6.45) is 2.30. The lowest BCUT2D eigenvalue weighted by atomic mass is 10.1. The fourth-order valence-corrected chi connectivity index (χ4v) is 5.53. The summed E-state index contributed by atoms with van der Waals surface area (Å²) < 4.78 is 34.7. The van der Waals surface area contributed by atoms with E-state index in [4.69, 9.17) is 16.3 Å². The lowest BCUT2D eigenvalue weighted by Crippen LogP contribution is -2.27. The summed E-state index contributed by atoms with van der Waals surface area (Å²) >= 11 is 6.37. The molecule has 2 heterocycles. The number of para-hydroxylation sites is 2. The summed E-state index contributed by atoms with van der Waals surface area (Å²) in [6, 6.07) is 18.3. The molecule has 10 nitrogen and oxygen atoms in total. The van der Waals surface area contributed by atoms with E-state index >= 15 is 0 Å². The normalized spacial score (nSPS) is 15.2. The average Bonchev–Trinajstić information content (AvgIpc) is 3.43. The van der Waals surface area contributed by atoms with Crippen LogP contribution >= 0.6 is 11.6 Å². The Bertz CT molecular complexity index is 1630. The standard InChI is InChI=1S/C27H27ClN6O4S/c1-38-19-11-12-21(28)24(16-19)33-26-27(32-23-10-3-2-9-22(23)31-26)34-39(36,37)20-8-4-6-18(14-20)30-25(35)15-17-7-5-13-29-17/h2-4,6,8-12,14,16-17,29H,5,7,13,15H2,1H3,(H,30,35)(H,31,33)(H,32,34)/t17-/m1/s1. The Balaban J connectivity index is 1.43. The molecule has 0 spiro atoms. The van der Waals surface area contributed by atoms with Crippen molar-refractivity contribution in [1.82, 2.24) is 15.3 Å². The number of amides is 1. The molecule has 4 aromatic rings. The number of hydrogen-bond donors (Lipinski definition) is 4. The molecule has 3 aromatic carbocycles. The van der Waals surface area contributed by atoms with Gasteiger partial charge in [0.05, 0.1) is 33.7 Å². The second-order valence-electron chi connectivity index (χ2n) is 9.06. The lowest BCUT2D eigenvalue weighted by Gasteiger charge is -2.15. The number of carbonyl (C=O) groups excluding carboxylic acids is 1. The minimum absolute atomic E-state index is 0.0191. The molecule has 1 aromatic heterocycles. The molecule has 5 rings (SSSR count). The SMILES string of the molecule is COc1ccc(Cl)c(Nc2nc3ccccc3nc2NS(=O)(=O)c2cccc(NC(=O)C[C@H]3CCCN3)c2)c1. The summed E-state index contributed by atoms with van der Waals surface area (Å²) in [4.78, 5) is 21.5. The number of anilines is 4. The van der Waals surface area contributed by atoms with Crippen molar-refractivity contribution in [2.24, 2.45) is 0 Å². The fraction of sp³-hybridized carbons (Fsp3) is 0.222. The third-order valence-electron chi connectivity index (χ3n) is 6.25. The molecule has 1 aliphatic rings. The van der Waals surface area contributed by atoms with Crippen LogP contribution in [-0.2, 0) is 14.8 Å². The molecule has 0 saturated carbocycles. The van der Waals surface area contributed by atoms with Crippen LogP contribution in [0.15, 0.2) is 71.6 Å². The predicted molar refractivity (Wildman–Crippen MR) is 152 cm³/mol. The predicted octanol–water partition coefficient (Wildman–Crippen LogP) is 4.92. The maximum atomic E-state index is 13.5. The first-order chi connectivity index (χ1) is 18.8. The van der Waals surface area contributed by atoms with Crippen LogP contribution in [0.2, 0.25) is 5.02 Å². The first-order valence-electron chi connectivity index (χ1n) is 12.3. The molecule has 0 unspecified atom stereocenters. The second-order valence-corrected chi connectivity index (χ2v) is 11.1. The van der Waals surface area contributed by atoms with Crippen LogP contribution < -0.4 is 25.4 Å². The number of hydrogen-bond acceptors (Lipinski definition) is 8. The Morgan fingerprint density at radius 3 is 2.54 bits per heavy atom. The van der Waals surface area contributed by atoms with Gasteiger partial charge in [0.25, 0.3) is 10.0 Å². The van der Waals surface area contributed by atoms with Gasteiger partial charge in [-0.05, 0) is 61.9 Å². The van der Waals surface area contributed by atoms with E-state index in [2.05, 4.69) is 30.6 Å². The summed E-state index contributed by atoms with van der Waals surface area (Å²) in [5.41, 5.74) is 1.90. The van der Waals surface area contributed by atoms with Crippen LogP contribution in [0.1, 0.15) is 19.3 Å². The number of aromatic nitrogens is 2. The van der Waals surface area contributed by atoms with E-state index in [0.717, 1.165) is 19.4 Å². The van der Waals surface area contributed by atoms with Crippen molar-refractivity contribution in [3.05, 3.63) is 71.8 Å². The number of nitrogens with one attached hydrogen (secondary N) is 4. The van der Waals surface area contributed by atoms with E-state index in [1.54, 1.807) is 48.5 Å². The maximum Gasteiger partial charge on any atom is 0.263 e. The first-order valence-corrected chi connectivity index (χ1v) is 14.2. The Kier molecular flexibility index (Phi) is 7.82. The van der Waals surface area contributed by atoms with E-state index in [0.29, 0.717) is 39.6 Å². The zero-order valence-electron chi connectivity index (χ0n) is 21.1. The smallest absolute Gasteiger partial charge is 0.263 e. The Morgan fingerprint density at radius 1 is 1.05 bits per heavy atom. The average molecular weight is 567 g/mol. The molecule has 1 atom stereocenters. The van der Waals surface area contributed by atoms with Crippen molar-refractivity contribution in [3.8, 4) is 5.75 Å². The molecular weight excluding hydrogens is 540 g/mol. The second kappa shape index (κ2) is 11.4. The van der Waals surface area contributed by atoms with E-state index in [9.17, 15) is 13.2 Å². The van der Waals surface area contributed by atoms with Gasteiger partial charge in [-0.3, -0.25) is 9.52 Å². The fourth-order valence-electron chi connectivity index (χ4n) is 4.31. The molecule has 12 heteroatoms. The largest absolute Gasteiger partial charge is 0.497 e. The summed E-state index contributed by atoms with van der Waals surface area (Å²) in [7, 11) is -2.58. The molecule has 0 radical (unpaired) electrons. The zero-order valence-corrected chi connectivity index (χ0v) is 22.6. The van der Waals surface area contributed by atoms with Crippen molar-refractivity contribution in [2.75, 3.05) is 29.0 Å². The monoisotopic (exact) mass is 566 g/mol. The number of halogens is 1. The zero-order chi connectivity index (χ0) is 27.4. The third kappa shape index (κ3) is 6.39. The van der Waals surface area contributed by atoms with Gasteiger partial charge in [0.15, 0.2) is 11.6 Å². The topological polar surface area (TPSA) is 134 Å². The van der Waals surface area contributed by atoms with Crippen LogP contribution in [-0.4, -0.2) is 44.0 Å². The molecule has 4 N–H and O–H groups in total.